The molecule has 1 aromatic heterocycles. The van der Waals surface area contributed by atoms with E-state index in [1.165, 1.54) is 24.4 Å². The second-order valence-electron chi connectivity index (χ2n) is 5.93. The Morgan fingerprint density at radius 1 is 1.07 bits per heavy atom. The van der Waals surface area contributed by atoms with Crippen LogP contribution in [-0.2, 0) is 9.84 Å². The molecule has 27 heavy (non-hydrogen) atoms. The van der Waals surface area contributed by atoms with Crippen LogP contribution in [0, 0.1) is 0 Å². The molecule has 4 rings (SSSR count). The van der Waals surface area contributed by atoms with Crippen LogP contribution in [0.3, 0.4) is 0 Å². The molecule has 0 saturated carbocycles. The largest absolute Gasteiger partial charge is 0.494 e. The molecule has 1 aliphatic rings. The second-order valence-corrected chi connectivity index (χ2v) is 7.85. The Kier molecular flexibility index (Phi) is 4.27. The van der Waals surface area contributed by atoms with Gasteiger partial charge >= 0.3 is 0 Å². The third kappa shape index (κ3) is 3.02. The Labute approximate surface area is 155 Å². The Hall–Kier alpha value is -3.00. The third-order valence-electron chi connectivity index (χ3n) is 4.24. The zero-order valence-electron chi connectivity index (χ0n) is 14.5. The molecule has 0 spiro atoms. The predicted octanol–water partition coefficient (Wildman–Crippen LogP) is 2.53. The summed E-state index contributed by atoms with van der Waals surface area (Å²) in [7, 11) is -3.99. The van der Waals surface area contributed by atoms with Gasteiger partial charge in [0.2, 0.25) is 15.3 Å². The zero-order chi connectivity index (χ0) is 19.0. The summed E-state index contributed by atoms with van der Waals surface area (Å²) in [6, 6.07) is 9.13. The minimum absolute atomic E-state index is 0.0216. The third-order valence-corrected chi connectivity index (χ3v) is 6.02. The van der Waals surface area contributed by atoms with Gasteiger partial charge in [-0.05, 0) is 37.3 Å². The van der Waals surface area contributed by atoms with Crippen molar-refractivity contribution < 1.29 is 22.6 Å². The summed E-state index contributed by atoms with van der Waals surface area (Å²) in [6.45, 7) is 3.12. The van der Waals surface area contributed by atoms with Gasteiger partial charge in [-0.25, -0.2) is 8.42 Å². The van der Waals surface area contributed by atoms with Crippen molar-refractivity contribution in [3.8, 4) is 17.2 Å². The first-order valence-electron chi connectivity index (χ1n) is 8.43. The van der Waals surface area contributed by atoms with Crippen molar-refractivity contribution in [2.24, 2.45) is 0 Å². The highest BCUT2D eigenvalue weighted by Crippen LogP contribution is 2.33. The van der Waals surface area contributed by atoms with Crippen LogP contribution in [0.4, 0.5) is 0 Å². The molecule has 0 fully saturated rings. The number of aromatic amines is 1. The molecule has 0 amide bonds. The van der Waals surface area contributed by atoms with Crippen molar-refractivity contribution in [1.29, 1.82) is 0 Å². The van der Waals surface area contributed by atoms with E-state index in [1.54, 1.807) is 18.2 Å². The first kappa shape index (κ1) is 17.4. The maximum absolute atomic E-state index is 12.9. The van der Waals surface area contributed by atoms with Crippen LogP contribution < -0.4 is 19.6 Å². The van der Waals surface area contributed by atoms with Gasteiger partial charge in [-0.3, -0.25) is 4.79 Å². The minimum Gasteiger partial charge on any atom is -0.494 e. The zero-order valence-corrected chi connectivity index (χ0v) is 15.3. The summed E-state index contributed by atoms with van der Waals surface area (Å²) < 4.78 is 42.2. The van der Waals surface area contributed by atoms with Crippen molar-refractivity contribution >= 4 is 20.7 Å². The van der Waals surface area contributed by atoms with Gasteiger partial charge in [-0.15, -0.1) is 0 Å². The number of H-pyrrole nitrogens is 1. The van der Waals surface area contributed by atoms with Crippen LogP contribution >= 0.6 is 0 Å². The molecule has 2 heterocycles. The normalized spacial score (nSPS) is 13.5. The molecule has 1 aliphatic heterocycles. The van der Waals surface area contributed by atoms with Gasteiger partial charge in [0.05, 0.1) is 22.4 Å². The molecule has 0 bridgehead atoms. The van der Waals surface area contributed by atoms with Crippen LogP contribution in [0.1, 0.15) is 6.92 Å². The maximum atomic E-state index is 12.9. The van der Waals surface area contributed by atoms with Gasteiger partial charge in [0, 0.05) is 12.3 Å². The fourth-order valence-corrected chi connectivity index (χ4v) is 4.26. The van der Waals surface area contributed by atoms with E-state index in [0.29, 0.717) is 42.6 Å². The highest BCUT2D eigenvalue weighted by atomic mass is 32.2. The van der Waals surface area contributed by atoms with Crippen LogP contribution in [0.15, 0.2) is 57.2 Å². The molecule has 0 unspecified atom stereocenters. The average molecular weight is 387 g/mol. The van der Waals surface area contributed by atoms with E-state index >= 15 is 0 Å². The fraction of sp³-hybridized carbons (Fsp3) is 0.211. The molecule has 0 aliphatic carbocycles. The predicted molar refractivity (Wildman–Crippen MR) is 98.6 cm³/mol. The lowest BCUT2D eigenvalue weighted by Gasteiger charge is -2.18. The Morgan fingerprint density at radius 2 is 1.74 bits per heavy atom. The molecule has 8 heteroatoms. The van der Waals surface area contributed by atoms with Gasteiger partial charge in [0.1, 0.15) is 23.9 Å². The Morgan fingerprint density at radius 3 is 2.41 bits per heavy atom. The summed E-state index contributed by atoms with van der Waals surface area (Å²) >= 11 is 0. The number of fused-ring (bicyclic) bond motifs is 2. The number of pyridine rings is 1. The summed E-state index contributed by atoms with van der Waals surface area (Å²) in [5.41, 5.74) is -0.107. The topological polar surface area (TPSA) is 94.7 Å². The highest BCUT2D eigenvalue weighted by Gasteiger charge is 2.24. The fourth-order valence-electron chi connectivity index (χ4n) is 2.95. The molecule has 1 N–H and O–H groups in total. The number of hydrogen-bond donors (Lipinski definition) is 1. The van der Waals surface area contributed by atoms with Crippen LogP contribution in [0.25, 0.3) is 10.9 Å². The van der Waals surface area contributed by atoms with Crippen molar-refractivity contribution in [2.45, 2.75) is 16.7 Å². The SMILES string of the molecule is CCOc1ccc(S(=O)(=O)c2c[nH]c3cc4c(cc3c2=O)OCCO4)cc1. The summed E-state index contributed by atoms with van der Waals surface area (Å²) in [6.07, 6.45) is 1.21. The maximum Gasteiger partial charge on any atom is 0.211 e. The van der Waals surface area contributed by atoms with E-state index in [-0.39, 0.29) is 15.2 Å². The first-order chi connectivity index (χ1) is 13.0. The van der Waals surface area contributed by atoms with Crippen LogP contribution in [0.2, 0.25) is 0 Å². The lowest BCUT2D eigenvalue weighted by molar-refractivity contribution is 0.172. The van der Waals surface area contributed by atoms with Crippen molar-refractivity contribution in [3.63, 3.8) is 0 Å². The Balaban J connectivity index is 1.82. The number of aromatic nitrogens is 1. The number of rotatable bonds is 4. The lowest BCUT2D eigenvalue weighted by atomic mass is 10.2. The molecule has 3 aromatic rings. The van der Waals surface area contributed by atoms with Gasteiger partial charge in [-0.1, -0.05) is 0 Å². The summed E-state index contributed by atoms with van der Waals surface area (Å²) in [4.78, 5) is 15.5. The molecule has 140 valence electrons. The highest BCUT2D eigenvalue weighted by molar-refractivity contribution is 7.91. The van der Waals surface area contributed by atoms with E-state index in [4.69, 9.17) is 14.2 Å². The van der Waals surface area contributed by atoms with Crippen molar-refractivity contribution in [1.82, 2.24) is 4.98 Å². The van der Waals surface area contributed by atoms with Crippen molar-refractivity contribution in [3.05, 3.63) is 52.8 Å². The number of ether oxygens (including phenoxy) is 3. The Bertz CT molecular complexity index is 1170. The van der Waals surface area contributed by atoms with Crippen molar-refractivity contribution in [2.75, 3.05) is 19.8 Å². The summed E-state index contributed by atoms with van der Waals surface area (Å²) in [5.74, 6) is 1.51. The quantitative estimate of drug-likeness (QED) is 0.739. The molecule has 2 aromatic carbocycles. The van der Waals surface area contributed by atoms with Gasteiger partial charge in [0.15, 0.2) is 11.5 Å². The molecular formula is C19H17NO6S. The van der Waals surface area contributed by atoms with Gasteiger partial charge < -0.3 is 19.2 Å². The first-order valence-corrected chi connectivity index (χ1v) is 9.92. The number of sulfone groups is 1. The molecule has 0 radical (unpaired) electrons. The lowest BCUT2D eigenvalue weighted by Crippen LogP contribution is -2.18. The van der Waals surface area contributed by atoms with Gasteiger partial charge in [-0.2, -0.15) is 0 Å². The molecule has 0 saturated heterocycles. The van der Waals surface area contributed by atoms with E-state index in [9.17, 15) is 13.2 Å². The van der Waals surface area contributed by atoms with Gasteiger partial charge in [0.25, 0.3) is 0 Å². The summed E-state index contributed by atoms with van der Waals surface area (Å²) in [5, 5.41) is 0.228. The number of nitrogens with one attached hydrogen (secondary N) is 1. The van der Waals surface area contributed by atoms with Crippen LogP contribution in [0.5, 0.6) is 17.2 Å². The monoisotopic (exact) mass is 387 g/mol. The number of benzene rings is 2. The van der Waals surface area contributed by atoms with E-state index in [1.807, 2.05) is 6.92 Å². The molecular weight excluding hydrogens is 370 g/mol. The molecule has 7 nitrogen and oxygen atoms in total. The standard InChI is InChI=1S/C19H17NO6S/c1-2-24-12-3-5-13(6-4-12)27(22,23)18-11-20-15-10-17-16(25-7-8-26-17)9-14(15)19(18)21/h3-6,9-11H,2,7-8H2,1H3,(H,20,21). The van der Waals surface area contributed by atoms with Crippen LogP contribution in [-0.4, -0.2) is 33.2 Å². The van der Waals surface area contributed by atoms with E-state index in [2.05, 4.69) is 4.98 Å². The van der Waals surface area contributed by atoms with E-state index in [0.717, 1.165) is 0 Å². The minimum atomic E-state index is -3.99. The second kappa shape index (κ2) is 6.62. The number of hydrogen-bond acceptors (Lipinski definition) is 6. The van der Waals surface area contributed by atoms with E-state index < -0.39 is 15.3 Å². The smallest absolute Gasteiger partial charge is 0.211 e. The molecule has 0 atom stereocenters. The average Bonchev–Trinajstić information content (AvgIpc) is 2.67.